The summed E-state index contributed by atoms with van der Waals surface area (Å²) in [5, 5.41) is 3.59. The van der Waals surface area contributed by atoms with Crippen molar-refractivity contribution in [1.82, 2.24) is 4.90 Å². The van der Waals surface area contributed by atoms with Gasteiger partial charge in [-0.15, -0.1) is 11.3 Å². The first-order valence-electron chi connectivity index (χ1n) is 9.81. The number of aryl methyl sites for hydroxylation is 1. The number of thiophene rings is 1. The summed E-state index contributed by atoms with van der Waals surface area (Å²) in [7, 11) is 0. The lowest BCUT2D eigenvalue weighted by atomic mass is 9.95. The van der Waals surface area contributed by atoms with E-state index < -0.39 is 0 Å². The first-order valence-corrected chi connectivity index (χ1v) is 11.4. The van der Waals surface area contributed by atoms with Gasteiger partial charge in [-0.25, -0.2) is 0 Å². The highest BCUT2D eigenvalue weighted by Crippen LogP contribution is 2.39. The number of benzene rings is 1. The quantitative estimate of drug-likeness (QED) is 0.707. The number of nitrogens with zero attached hydrogens (tertiary/aromatic N) is 1. The Labute approximate surface area is 182 Å². The predicted molar refractivity (Wildman–Crippen MR) is 116 cm³/mol. The minimum Gasteiger partial charge on any atom is -0.484 e. The van der Waals surface area contributed by atoms with Crippen molar-refractivity contribution in [2.75, 3.05) is 38.2 Å². The Balaban J connectivity index is 1.50. The highest BCUT2D eigenvalue weighted by Gasteiger charge is 2.30. The van der Waals surface area contributed by atoms with E-state index in [1.807, 2.05) is 23.1 Å². The van der Waals surface area contributed by atoms with Gasteiger partial charge in [0.2, 0.25) is 0 Å². The highest BCUT2D eigenvalue weighted by molar-refractivity contribution is 9.10. The fourth-order valence-electron chi connectivity index (χ4n) is 3.67. The molecule has 1 aromatic heterocycles. The monoisotopic (exact) mass is 478 g/mol. The van der Waals surface area contributed by atoms with Gasteiger partial charge in [-0.2, -0.15) is 0 Å². The number of carbonyl (C=O) groups excluding carboxylic acids is 2. The number of carbonyl (C=O) groups is 2. The third-order valence-electron chi connectivity index (χ3n) is 5.10. The van der Waals surface area contributed by atoms with Crippen molar-refractivity contribution in [2.45, 2.75) is 25.7 Å². The molecule has 1 aromatic carbocycles. The van der Waals surface area contributed by atoms with Gasteiger partial charge in [-0.3, -0.25) is 9.59 Å². The summed E-state index contributed by atoms with van der Waals surface area (Å²) in [5.41, 5.74) is 1.78. The first kappa shape index (κ1) is 20.4. The Morgan fingerprint density at radius 1 is 1.21 bits per heavy atom. The molecular formula is C21H23BrN2O4S. The average Bonchev–Trinajstić information content (AvgIpc) is 3.10. The summed E-state index contributed by atoms with van der Waals surface area (Å²) >= 11 is 4.92. The van der Waals surface area contributed by atoms with Gasteiger partial charge in [0, 0.05) is 22.4 Å². The van der Waals surface area contributed by atoms with Crippen LogP contribution in [0.25, 0.3) is 0 Å². The number of fused-ring (bicyclic) bond motifs is 1. The van der Waals surface area contributed by atoms with Crippen molar-refractivity contribution in [3.63, 3.8) is 0 Å². The van der Waals surface area contributed by atoms with Crippen molar-refractivity contribution < 1.29 is 19.1 Å². The molecule has 0 saturated carbocycles. The van der Waals surface area contributed by atoms with Crippen LogP contribution in [0.2, 0.25) is 0 Å². The van der Waals surface area contributed by atoms with Crippen LogP contribution in [0.1, 0.15) is 33.6 Å². The number of rotatable bonds is 5. The molecule has 2 aromatic rings. The second-order valence-corrected chi connectivity index (χ2v) is 9.13. The molecule has 8 heteroatoms. The average molecular weight is 479 g/mol. The van der Waals surface area contributed by atoms with E-state index >= 15 is 0 Å². The number of morpholine rings is 1. The van der Waals surface area contributed by atoms with E-state index in [0.29, 0.717) is 42.6 Å². The van der Waals surface area contributed by atoms with E-state index in [2.05, 4.69) is 21.2 Å². The summed E-state index contributed by atoms with van der Waals surface area (Å²) in [6.07, 6.45) is 4.06. The van der Waals surface area contributed by atoms with Crippen LogP contribution in [0.4, 0.5) is 5.00 Å². The highest BCUT2D eigenvalue weighted by atomic mass is 79.9. The predicted octanol–water partition coefficient (Wildman–Crippen LogP) is 3.88. The maximum absolute atomic E-state index is 13.2. The van der Waals surface area contributed by atoms with Crippen LogP contribution in [0.3, 0.4) is 0 Å². The van der Waals surface area contributed by atoms with Gasteiger partial charge < -0.3 is 19.7 Å². The summed E-state index contributed by atoms with van der Waals surface area (Å²) in [4.78, 5) is 28.8. The van der Waals surface area contributed by atoms with E-state index in [-0.39, 0.29) is 18.4 Å². The molecule has 0 unspecified atom stereocenters. The van der Waals surface area contributed by atoms with Gasteiger partial charge >= 0.3 is 0 Å². The fraction of sp³-hybridized carbons (Fsp3) is 0.429. The Morgan fingerprint density at radius 2 is 2.00 bits per heavy atom. The number of halogens is 1. The van der Waals surface area contributed by atoms with E-state index in [9.17, 15) is 9.59 Å². The van der Waals surface area contributed by atoms with E-state index in [0.717, 1.165) is 35.7 Å². The van der Waals surface area contributed by atoms with Gasteiger partial charge in [-0.05, 0) is 49.4 Å². The Kier molecular flexibility index (Phi) is 6.52. The van der Waals surface area contributed by atoms with Gasteiger partial charge in [0.1, 0.15) is 10.8 Å². The molecule has 6 nitrogen and oxygen atoms in total. The van der Waals surface area contributed by atoms with E-state index in [4.69, 9.17) is 9.47 Å². The Morgan fingerprint density at radius 3 is 2.79 bits per heavy atom. The molecule has 2 heterocycles. The maximum atomic E-state index is 13.2. The summed E-state index contributed by atoms with van der Waals surface area (Å²) in [6.45, 7) is 2.18. The zero-order valence-electron chi connectivity index (χ0n) is 16.0. The fourth-order valence-corrected chi connectivity index (χ4v) is 5.35. The molecular weight excluding hydrogens is 456 g/mol. The normalized spacial score (nSPS) is 16.2. The molecule has 29 heavy (non-hydrogen) atoms. The topological polar surface area (TPSA) is 67.9 Å². The van der Waals surface area contributed by atoms with Crippen molar-refractivity contribution in [1.29, 1.82) is 0 Å². The summed E-state index contributed by atoms with van der Waals surface area (Å²) in [6, 6.07) is 7.36. The molecule has 1 aliphatic carbocycles. The lowest BCUT2D eigenvalue weighted by molar-refractivity contribution is -0.118. The van der Waals surface area contributed by atoms with E-state index in [1.165, 1.54) is 16.2 Å². The van der Waals surface area contributed by atoms with Gasteiger partial charge in [0.15, 0.2) is 6.61 Å². The molecule has 0 bridgehead atoms. The Hall–Kier alpha value is -1.90. The largest absolute Gasteiger partial charge is 0.484 e. The number of amides is 2. The molecule has 2 aliphatic rings. The second-order valence-electron chi connectivity index (χ2n) is 7.11. The zero-order valence-corrected chi connectivity index (χ0v) is 18.4. The molecule has 0 radical (unpaired) electrons. The lowest BCUT2D eigenvalue weighted by Gasteiger charge is -2.27. The smallest absolute Gasteiger partial charge is 0.262 e. The van der Waals surface area contributed by atoms with Crippen LogP contribution in [-0.4, -0.2) is 49.6 Å². The van der Waals surface area contributed by atoms with Gasteiger partial charge in [-0.1, -0.05) is 22.0 Å². The second kappa shape index (κ2) is 9.28. The molecule has 1 N–H and O–H groups in total. The van der Waals surface area contributed by atoms with Crippen molar-refractivity contribution in [2.24, 2.45) is 0 Å². The molecule has 0 atom stereocenters. The summed E-state index contributed by atoms with van der Waals surface area (Å²) in [5.74, 6) is 0.347. The molecule has 0 spiro atoms. The molecule has 1 saturated heterocycles. The molecule has 2 amide bonds. The van der Waals surface area contributed by atoms with Crippen LogP contribution < -0.4 is 10.1 Å². The SMILES string of the molecule is O=C(COc1cccc(Br)c1)Nc1sc2c(c1C(=O)N1CCOCC1)CCCC2. The van der Waals surface area contributed by atoms with Crippen LogP contribution in [0.15, 0.2) is 28.7 Å². The summed E-state index contributed by atoms with van der Waals surface area (Å²) < 4.78 is 11.9. The maximum Gasteiger partial charge on any atom is 0.262 e. The molecule has 154 valence electrons. The van der Waals surface area contributed by atoms with Crippen LogP contribution in [-0.2, 0) is 22.4 Å². The van der Waals surface area contributed by atoms with Gasteiger partial charge in [0.05, 0.1) is 18.8 Å². The minimum atomic E-state index is -0.264. The minimum absolute atomic E-state index is 0.00379. The van der Waals surface area contributed by atoms with Crippen LogP contribution >= 0.6 is 27.3 Å². The molecule has 1 aliphatic heterocycles. The van der Waals surface area contributed by atoms with E-state index in [1.54, 1.807) is 6.07 Å². The third kappa shape index (κ3) is 4.82. The third-order valence-corrected chi connectivity index (χ3v) is 6.80. The number of nitrogens with one attached hydrogen (secondary N) is 1. The van der Waals surface area contributed by atoms with Crippen LogP contribution in [0.5, 0.6) is 5.75 Å². The Bertz CT molecular complexity index is 908. The molecule has 4 rings (SSSR count). The number of anilines is 1. The standard InChI is InChI=1S/C21H23BrN2O4S/c22-14-4-3-5-15(12-14)28-13-18(25)23-20-19(16-6-1-2-7-17(16)29-20)21(26)24-8-10-27-11-9-24/h3-5,12H,1-2,6-11,13H2,(H,23,25). The number of hydrogen-bond donors (Lipinski definition) is 1. The van der Waals surface area contributed by atoms with Gasteiger partial charge in [0.25, 0.3) is 11.8 Å². The first-order chi connectivity index (χ1) is 14.1. The van der Waals surface area contributed by atoms with Crippen molar-refractivity contribution in [3.8, 4) is 5.75 Å². The van der Waals surface area contributed by atoms with Crippen molar-refractivity contribution in [3.05, 3.63) is 44.7 Å². The lowest BCUT2D eigenvalue weighted by Crippen LogP contribution is -2.41. The molecule has 1 fully saturated rings. The number of ether oxygens (including phenoxy) is 2. The zero-order chi connectivity index (χ0) is 20.2. The van der Waals surface area contributed by atoms with Crippen LogP contribution in [0, 0.1) is 0 Å². The van der Waals surface area contributed by atoms with Crippen molar-refractivity contribution >= 4 is 44.1 Å². The number of hydrogen-bond acceptors (Lipinski definition) is 5.